The Hall–Kier alpha value is -0.660. The molecule has 0 spiro atoms. The van der Waals surface area contributed by atoms with Gasteiger partial charge < -0.3 is 0 Å². The maximum atomic E-state index is 11.5. The fourth-order valence-corrected chi connectivity index (χ4v) is 4.26. The summed E-state index contributed by atoms with van der Waals surface area (Å²) in [7, 11) is 0. The summed E-state index contributed by atoms with van der Waals surface area (Å²) in [6.45, 7) is 5.65. The molecule has 5 heteroatoms. The first-order valence-electron chi connectivity index (χ1n) is 4.85. The molecule has 1 heterocycles. The zero-order valence-electron chi connectivity index (χ0n) is 9.32. The molecule has 0 saturated carbocycles. The van der Waals surface area contributed by atoms with Crippen LogP contribution in [0.5, 0.6) is 0 Å². The van der Waals surface area contributed by atoms with E-state index in [0.717, 1.165) is 3.57 Å². The molecule has 89 valence electrons. The quantitative estimate of drug-likeness (QED) is 0.404. The van der Waals surface area contributed by atoms with Crippen molar-refractivity contribution in [2.75, 3.05) is 0 Å². The van der Waals surface area contributed by atoms with Gasteiger partial charge in [-0.15, -0.1) is 0 Å². The standard InChI is InChI=1S/C11H13IO4/c1-11(2,3)15-16-12-9-7-5-4-6-8(9)10(13)14-12/h4-7H,1-3H3/q-1. The van der Waals surface area contributed by atoms with E-state index in [1.165, 1.54) is 0 Å². The SMILES string of the molecule is CC(C)(C)OO[I-]1OC(=O)c2ccccc21. The van der Waals surface area contributed by atoms with E-state index in [1.807, 2.05) is 39.0 Å². The maximum absolute atomic E-state index is 11.5. The van der Waals surface area contributed by atoms with Crippen LogP contribution in [0.3, 0.4) is 0 Å². The van der Waals surface area contributed by atoms with Crippen molar-refractivity contribution in [2.45, 2.75) is 26.4 Å². The normalized spacial score (nSPS) is 17.2. The summed E-state index contributed by atoms with van der Waals surface area (Å²) < 4.78 is 11.3. The summed E-state index contributed by atoms with van der Waals surface area (Å²) in [6.07, 6.45) is 0. The molecule has 0 aromatic heterocycles. The van der Waals surface area contributed by atoms with Crippen molar-refractivity contribution >= 4 is 5.97 Å². The number of benzene rings is 1. The molecule has 0 N–H and O–H groups in total. The van der Waals surface area contributed by atoms with Crippen LogP contribution < -0.4 is 20.6 Å². The van der Waals surface area contributed by atoms with E-state index in [0.29, 0.717) is 5.56 Å². The van der Waals surface area contributed by atoms with Crippen LogP contribution >= 0.6 is 0 Å². The van der Waals surface area contributed by atoms with Gasteiger partial charge in [-0.1, -0.05) is 0 Å². The van der Waals surface area contributed by atoms with Gasteiger partial charge >= 0.3 is 102 Å². The molecule has 0 aliphatic carbocycles. The monoisotopic (exact) mass is 336 g/mol. The average molecular weight is 336 g/mol. The summed E-state index contributed by atoms with van der Waals surface area (Å²) in [4.78, 5) is 16.7. The Balaban J connectivity index is 2.12. The Bertz CT molecular complexity index is 411. The third-order valence-electron chi connectivity index (χ3n) is 1.74. The summed E-state index contributed by atoms with van der Waals surface area (Å²) >= 11 is -2.39. The molecule has 0 atom stereocenters. The molecule has 0 saturated heterocycles. The zero-order chi connectivity index (χ0) is 11.8. The van der Waals surface area contributed by atoms with Gasteiger partial charge in [0.1, 0.15) is 0 Å². The second kappa shape index (κ2) is 4.31. The number of fused-ring (bicyclic) bond motifs is 1. The molecular weight excluding hydrogens is 323 g/mol. The van der Waals surface area contributed by atoms with Crippen LogP contribution in [0.1, 0.15) is 31.1 Å². The average Bonchev–Trinajstić information content (AvgIpc) is 2.53. The van der Waals surface area contributed by atoms with Crippen molar-refractivity contribution < 1.29 is 36.6 Å². The van der Waals surface area contributed by atoms with Crippen molar-refractivity contribution in [3.63, 3.8) is 0 Å². The van der Waals surface area contributed by atoms with E-state index in [-0.39, 0.29) is 5.97 Å². The van der Waals surface area contributed by atoms with Gasteiger partial charge in [-0.3, -0.25) is 0 Å². The minimum absolute atomic E-state index is 0.307. The topological polar surface area (TPSA) is 44.8 Å². The van der Waals surface area contributed by atoms with E-state index in [2.05, 4.69) is 0 Å². The van der Waals surface area contributed by atoms with Gasteiger partial charge in [0.05, 0.1) is 0 Å². The summed E-state index contributed by atoms with van der Waals surface area (Å²) in [5, 5.41) is 0. The molecule has 1 radical (unpaired) electrons. The van der Waals surface area contributed by atoms with Crippen LogP contribution in [-0.4, -0.2) is 11.6 Å². The van der Waals surface area contributed by atoms with Gasteiger partial charge in [-0.05, 0) is 0 Å². The van der Waals surface area contributed by atoms with Gasteiger partial charge in [-0.25, -0.2) is 0 Å². The number of rotatable bonds is 2. The van der Waals surface area contributed by atoms with E-state index >= 15 is 0 Å². The number of carbonyl (C=O) groups excluding carboxylic acids is 1. The summed E-state index contributed by atoms with van der Waals surface area (Å²) in [5.41, 5.74) is 0.201. The summed E-state index contributed by atoms with van der Waals surface area (Å²) in [5.74, 6) is -0.307. The van der Waals surface area contributed by atoms with Crippen molar-refractivity contribution in [3.8, 4) is 0 Å². The molecule has 1 aliphatic heterocycles. The summed E-state index contributed by atoms with van der Waals surface area (Å²) in [6, 6.07) is 7.28. The third kappa shape index (κ3) is 2.53. The van der Waals surface area contributed by atoms with Gasteiger partial charge in [0.25, 0.3) is 0 Å². The van der Waals surface area contributed by atoms with Crippen molar-refractivity contribution in [2.24, 2.45) is 0 Å². The molecule has 16 heavy (non-hydrogen) atoms. The number of hydrogen-bond acceptors (Lipinski definition) is 4. The Morgan fingerprint density at radius 2 is 1.94 bits per heavy atom. The predicted molar refractivity (Wildman–Crippen MR) is 52.5 cm³/mol. The second-order valence-electron chi connectivity index (χ2n) is 4.32. The third-order valence-corrected chi connectivity index (χ3v) is 4.93. The van der Waals surface area contributed by atoms with Crippen LogP contribution in [0.25, 0.3) is 0 Å². The fraction of sp³-hybridized carbons (Fsp3) is 0.364. The Morgan fingerprint density at radius 1 is 1.25 bits per heavy atom. The molecule has 2 rings (SSSR count). The molecule has 0 fully saturated rings. The van der Waals surface area contributed by atoms with Crippen LogP contribution in [-0.2, 0) is 11.2 Å². The van der Waals surface area contributed by atoms with Gasteiger partial charge in [0.15, 0.2) is 0 Å². The molecule has 4 nitrogen and oxygen atoms in total. The van der Waals surface area contributed by atoms with Crippen molar-refractivity contribution in [3.05, 3.63) is 33.4 Å². The molecular formula is C11H13IO4-. The van der Waals surface area contributed by atoms with Crippen LogP contribution in [0.15, 0.2) is 24.3 Å². The van der Waals surface area contributed by atoms with Crippen LogP contribution in [0.2, 0.25) is 0 Å². The first-order valence-corrected chi connectivity index (χ1v) is 7.69. The van der Waals surface area contributed by atoms with Crippen molar-refractivity contribution in [1.82, 2.24) is 0 Å². The fourth-order valence-electron chi connectivity index (χ4n) is 1.08. The first kappa shape index (κ1) is 11.8. The second-order valence-corrected chi connectivity index (χ2v) is 7.52. The molecule has 1 aromatic rings. The number of halogens is 1. The van der Waals surface area contributed by atoms with Gasteiger partial charge in [0.2, 0.25) is 0 Å². The Morgan fingerprint density at radius 3 is 2.62 bits per heavy atom. The molecule has 0 amide bonds. The van der Waals surface area contributed by atoms with Gasteiger partial charge in [0, 0.05) is 0 Å². The number of carbonyl (C=O) groups is 1. The van der Waals surface area contributed by atoms with Gasteiger partial charge in [-0.2, -0.15) is 0 Å². The zero-order valence-corrected chi connectivity index (χ0v) is 11.5. The van der Waals surface area contributed by atoms with Crippen molar-refractivity contribution in [1.29, 1.82) is 0 Å². The molecule has 1 aromatic carbocycles. The molecule has 1 aliphatic rings. The molecule has 0 bridgehead atoms. The van der Waals surface area contributed by atoms with Crippen LogP contribution in [0.4, 0.5) is 0 Å². The number of hydrogen-bond donors (Lipinski definition) is 0. The van der Waals surface area contributed by atoms with E-state index in [1.54, 1.807) is 6.07 Å². The minimum atomic E-state index is -2.39. The van der Waals surface area contributed by atoms with E-state index in [4.69, 9.17) is 11.2 Å². The van der Waals surface area contributed by atoms with E-state index < -0.39 is 26.3 Å². The Kier molecular flexibility index (Phi) is 3.18. The molecule has 0 unspecified atom stereocenters. The van der Waals surface area contributed by atoms with Crippen LogP contribution in [0, 0.1) is 3.57 Å². The Labute approximate surface area is 102 Å². The van der Waals surface area contributed by atoms with E-state index in [9.17, 15) is 4.79 Å². The first-order chi connectivity index (χ1) is 7.47. The predicted octanol–water partition coefficient (Wildman–Crippen LogP) is -0.772.